The van der Waals surface area contributed by atoms with Gasteiger partial charge in [0.05, 0.1) is 31.4 Å². The van der Waals surface area contributed by atoms with Gasteiger partial charge < -0.3 is 19.3 Å². The number of piperazine rings is 1. The number of carbonyl (C=O) groups is 2. The molecule has 0 N–H and O–H groups in total. The third kappa shape index (κ3) is 6.97. The van der Waals surface area contributed by atoms with Crippen LogP contribution in [0.1, 0.15) is 18.9 Å². The highest BCUT2D eigenvalue weighted by molar-refractivity contribution is 9.12. The number of ether oxygens (including phenoxy) is 2. The maximum Gasteiger partial charge on any atom is 0.419 e. The van der Waals surface area contributed by atoms with Gasteiger partial charge in [-0.25, -0.2) is 9.97 Å². The Labute approximate surface area is 196 Å². The van der Waals surface area contributed by atoms with Gasteiger partial charge in [-0.3, -0.25) is 14.6 Å². The monoisotopic (exact) mass is 533 g/mol. The summed E-state index contributed by atoms with van der Waals surface area (Å²) in [6.45, 7) is 3.99. The van der Waals surface area contributed by atoms with Gasteiger partial charge in [0.15, 0.2) is 11.5 Å². The first-order valence-corrected chi connectivity index (χ1v) is 11.0. The molecular weight excluding hydrogens is 511 g/mol. The molecule has 1 fully saturated rings. The number of aliphatic imine (C=N–C) groups is 1. The Bertz CT molecular complexity index is 915. The smallest absolute Gasteiger partial charge is 0.419 e. The summed E-state index contributed by atoms with van der Waals surface area (Å²) in [5, 5.41) is 0. The molecule has 0 aromatic carbocycles. The van der Waals surface area contributed by atoms with Crippen LogP contribution in [0, 0.1) is 0 Å². The summed E-state index contributed by atoms with van der Waals surface area (Å²) in [4.78, 5) is 38.9. The van der Waals surface area contributed by atoms with Crippen LogP contribution in [0.2, 0.25) is 0 Å². The van der Waals surface area contributed by atoms with Gasteiger partial charge in [-0.2, -0.15) is 13.2 Å². The summed E-state index contributed by atoms with van der Waals surface area (Å²) in [7, 11) is 0. The number of anilines is 1. The van der Waals surface area contributed by atoms with Crippen LogP contribution in [0.25, 0.3) is 0 Å². The lowest BCUT2D eigenvalue weighted by Gasteiger charge is -2.34. The van der Waals surface area contributed by atoms with Crippen molar-refractivity contribution in [3.8, 4) is 0 Å². The van der Waals surface area contributed by atoms with Gasteiger partial charge in [-0.05, 0) is 22.9 Å². The third-order valence-corrected chi connectivity index (χ3v) is 5.76. The topological polar surface area (TPSA) is 97.2 Å². The fraction of sp³-hybridized carbons (Fsp3) is 0.550. The van der Waals surface area contributed by atoms with E-state index in [1.807, 2.05) is 0 Å². The summed E-state index contributed by atoms with van der Waals surface area (Å²) in [5.41, 5.74) is -0.899. The minimum absolute atomic E-state index is 0.0768. The Balaban J connectivity index is 1.35. The predicted octanol–water partition coefficient (Wildman–Crippen LogP) is 2.22. The van der Waals surface area contributed by atoms with E-state index in [4.69, 9.17) is 9.47 Å². The summed E-state index contributed by atoms with van der Waals surface area (Å²) >= 11 is 3.19. The molecule has 1 amide bonds. The molecule has 1 atom stereocenters. The van der Waals surface area contributed by atoms with Crippen molar-refractivity contribution in [1.82, 2.24) is 14.9 Å². The lowest BCUT2D eigenvalue weighted by molar-refractivity contribution is -0.138. The Morgan fingerprint density at radius 3 is 2.52 bits per heavy atom. The molecular formula is C20H23BrF3N5O4. The lowest BCUT2D eigenvalue weighted by Crippen LogP contribution is -2.49. The van der Waals surface area contributed by atoms with Gasteiger partial charge in [-0.15, -0.1) is 0 Å². The van der Waals surface area contributed by atoms with E-state index >= 15 is 0 Å². The fourth-order valence-electron chi connectivity index (χ4n) is 3.16. The molecule has 9 nitrogen and oxygen atoms in total. The number of rotatable bonds is 8. The lowest BCUT2D eigenvalue weighted by atomic mass is 10.3. The molecule has 0 radical (unpaired) electrons. The van der Waals surface area contributed by atoms with Crippen molar-refractivity contribution in [3.05, 3.63) is 28.2 Å². The number of Topliss-reactive ketones (excluding diaryl/α,β-unsaturated/α-hetero) is 1. The number of allylic oxidation sites excluding steroid dienone is 1. The molecule has 2 aliphatic heterocycles. The molecule has 0 bridgehead atoms. The Morgan fingerprint density at radius 2 is 1.88 bits per heavy atom. The predicted molar refractivity (Wildman–Crippen MR) is 116 cm³/mol. The zero-order chi connectivity index (χ0) is 24.0. The van der Waals surface area contributed by atoms with E-state index in [-0.39, 0.29) is 49.9 Å². The Hall–Kier alpha value is -2.54. The minimum Gasteiger partial charge on any atom is -0.485 e. The maximum absolute atomic E-state index is 12.6. The van der Waals surface area contributed by atoms with E-state index in [0.717, 1.165) is 12.4 Å². The number of dihydropyridines is 1. The largest absolute Gasteiger partial charge is 0.485 e. The average Bonchev–Trinajstić information content (AvgIpc) is 2.79. The van der Waals surface area contributed by atoms with Crippen LogP contribution < -0.4 is 4.90 Å². The van der Waals surface area contributed by atoms with E-state index < -0.39 is 11.7 Å². The first-order chi connectivity index (χ1) is 15.6. The average molecular weight is 534 g/mol. The summed E-state index contributed by atoms with van der Waals surface area (Å²) in [6, 6.07) is 0. The molecule has 1 aromatic rings. The van der Waals surface area contributed by atoms with Crippen LogP contribution in [0.4, 0.5) is 19.1 Å². The normalized spacial score (nSPS) is 18.0. The van der Waals surface area contributed by atoms with Gasteiger partial charge in [-0.1, -0.05) is 0 Å². The van der Waals surface area contributed by atoms with Crippen LogP contribution >= 0.6 is 15.9 Å². The highest BCUT2D eigenvalue weighted by Crippen LogP contribution is 2.28. The van der Waals surface area contributed by atoms with E-state index in [2.05, 4.69) is 30.9 Å². The number of hydrogen-bond acceptors (Lipinski definition) is 8. The van der Waals surface area contributed by atoms with Crippen molar-refractivity contribution in [2.24, 2.45) is 4.99 Å². The van der Waals surface area contributed by atoms with Crippen LogP contribution in [-0.2, 0) is 25.2 Å². The molecule has 2 aliphatic rings. The number of alkyl halides is 3. The molecule has 0 aliphatic carbocycles. The minimum atomic E-state index is -4.48. The quantitative estimate of drug-likeness (QED) is 0.472. The molecule has 180 valence electrons. The number of ketones is 1. The van der Waals surface area contributed by atoms with E-state index in [0.29, 0.717) is 36.4 Å². The van der Waals surface area contributed by atoms with E-state index in [1.54, 1.807) is 16.7 Å². The van der Waals surface area contributed by atoms with Gasteiger partial charge in [0.1, 0.15) is 17.1 Å². The van der Waals surface area contributed by atoms with E-state index in [9.17, 15) is 22.8 Å². The molecule has 13 heteroatoms. The highest BCUT2D eigenvalue weighted by Gasteiger charge is 2.32. The first-order valence-electron chi connectivity index (χ1n) is 10.2. The maximum atomic E-state index is 12.6. The number of amides is 1. The highest BCUT2D eigenvalue weighted by atomic mass is 79.9. The van der Waals surface area contributed by atoms with Gasteiger partial charge in [0, 0.05) is 38.6 Å². The van der Waals surface area contributed by atoms with Crippen LogP contribution in [-0.4, -0.2) is 84.8 Å². The number of halogens is 4. The van der Waals surface area contributed by atoms with Crippen molar-refractivity contribution >= 4 is 39.8 Å². The van der Waals surface area contributed by atoms with Crippen molar-refractivity contribution in [1.29, 1.82) is 0 Å². The van der Waals surface area contributed by atoms with Gasteiger partial charge in [0.2, 0.25) is 11.9 Å². The molecule has 0 unspecified atom stereocenters. The Morgan fingerprint density at radius 1 is 1.21 bits per heavy atom. The van der Waals surface area contributed by atoms with Crippen LogP contribution in [0.3, 0.4) is 0 Å². The third-order valence-electron chi connectivity index (χ3n) is 4.93. The van der Waals surface area contributed by atoms with Crippen molar-refractivity contribution in [3.63, 3.8) is 0 Å². The molecule has 1 aromatic heterocycles. The molecule has 0 saturated carbocycles. The van der Waals surface area contributed by atoms with E-state index in [1.165, 1.54) is 6.21 Å². The van der Waals surface area contributed by atoms with Crippen LogP contribution in [0.15, 0.2) is 27.6 Å². The molecule has 0 spiro atoms. The van der Waals surface area contributed by atoms with Gasteiger partial charge in [0.25, 0.3) is 0 Å². The number of hydrogen-bond donors (Lipinski definition) is 0. The number of aromatic nitrogens is 2. The van der Waals surface area contributed by atoms with Gasteiger partial charge >= 0.3 is 6.18 Å². The molecule has 1 saturated heterocycles. The number of carbonyl (C=O) groups excluding carboxylic acids is 2. The first kappa shape index (κ1) is 25.1. The fourth-order valence-corrected chi connectivity index (χ4v) is 3.48. The molecule has 3 heterocycles. The zero-order valence-electron chi connectivity index (χ0n) is 17.8. The molecule has 33 heavy (non-hydrogen) atoms. The second-order valence-electron chi connectivity index (χ2n) is 7.46. The zero-order valence-corrected chi connectivity index (χ0v) is 19.4. The standard InChI is InChI=1S/C20H23BrF3N5O4/c1-13(33-16-11-25-10-15(30)18(16)21)12-32-7-2-17(31)28-3-5-29(6-4-28)19-26-8-14(9-27-19)20(22,23)24/h8-9,11,13H,2-7,10,12H2,1H3/t13-/m0/s1. The van der Waals surface area contributed by atoms with Crippen molar-refractivity contribution < 1.29 is 32.2 Å². The summed E-state index contributed by atoms with van der Waals surface area (Å²) in [6.07, 6.45) is -1.62. The molecule has 3 rings (SSSR count). The number of nitrogens with zero attached hydrogens (tertiary/aromatic N) is 5. The summed E-state index contributed by atoms with van der Waals surface area (Å²) in [5.74, 6) is 0.329. The SMILES string of the molecule is C[C@@H](COCCC(=O)N1CCN(c2ncc(C(F)(F)F)cn2)CC1)OC1=C(Br)C(=O)CN=C1. The van der Waals surface area contributed by atoms with Crippen molar-refractivity contribution in [2.45, 2.75) is 25.6 Å². The van der Waals surface area contributed by atoms with Crippen LogP contribution in [0.5, 0.6) is 0 Å². The summed E-state index contributed by atoms with van der Waals surface area (Å²) < 4.78 is 49.4. The Kier molecular flexibility index (Phi) is 8.40. The second-order valence-corrected chi connectivity index (χ2v) is 8.25. The second kappa shape index (κ2) is 11.1. The van der Waals surface area contributed by atoms with Crippen molar-refractivity contribution in [2.75, 3.05) is 50.8 Å².